The number of ketones is 1. The molecule has 3 rings (SSSR count). The summed E-state index contributed by atoms with van der Waals surface area (Å²) in [6, 6.07) is 6.46. The fourth-order valence-electron chi connectivity index (χ4n) is 4.06. The van der Waals surface area contributed by atoms with E-state index >= 15 is 0 Å². The lowest BCUT2D eigenvalue weighted by Crippen LogP contribution is -2.46. The molecule has 132 valence electrons. The molecule has 0 bridgehead atoms. The maximum absolute atomic E-state index is 12.8. The minimum absolute atomic E-state index is 0.162. The zero-order valence-electron chi connectivity index (χ0n) is 16.0. The molecule has 0 atom stereocenters. The van der Waals surface area contributed by atoms with Gasteiger partial charge in [-0.05, 0) is 47.9 Å². The van der Waals surface area contributed by atoms with E-state index in [0.717, 1.165) is 31.7 Å². The Balaban J connectivity index is 1.81. The van der Waals surface area contributed by atoms with Gasteiger partial charge < -0.3 is 4.90 Å². The molecule has 0 radical (unpaired) electrons. The number of hydrogen-bond acceptors (Lipinski definition) is 3. The highest BCUT2D eigenvalue weighted by molar-refractivity contribution is 5.98. The minimum atomic E-state index is 0.162. The molecule has 0 saturated carbocycles. The lowest BCUT2D eigenvalue weighted by Gasteiger charge is -2.42. The highest BCUT2D eigenvalue weighted by Gasteiger charge is 2.37. The van der Waals surface area contributed by atoms with Crippen LogP contribution in [-0.4, -0.2) is 55.4 Å². The van der Waals surface area contributed by atoms with Gasteiger partial charge in [-0.15, -0.1) is 0 Å². The second-order valence-corrected chi connectivity index (χ2v) is 9.03. The molecule has 1 aliphatic heterocycles. The van der Waals surface area contributed by atoms with Gasteiger partial charge in [0, 0.05) is 31.7 Å². The number of nitrogens with zero attached hydrogens (tertiary/aromatic N) is 2. The van der Waals surface area contributed by atoms with Crippen LogP contribution in [0.2, 0.25) is 0 Å². The molecule has 1 saturated heterocycles. The summed E-state index contributed by atoms with van der Waals surface area (Å²) >= 11 is 0. The average Bonchev–Trinajstić information content (AvgIpc) is 2.54. The zero-order valence-corrected chi connectivity index (χ0v) is 16.0. The van der Waals surface area contributed by atoms with Crippen LogP contribution >= 0.6 is 0 Å². The number of benzene rings is 1. The Morgan fingerprint density at radius 3 is 2.17 bits per heavy atom. The Kier molecular flexibility index (Phi) is 4.61. The number of Topliss-reactive ketones (excluding diaryl/α,β-unsaturated/α-hetero) is 1. The summed E-state index contributed by atoms with van der Waals surface area (Å²) in [5, 5.41) is 0. The van der Waals surface area contributed by atoms with Gasteiger partial charge in [-0.25, -0.2) is 0 Å². The molecule has 0 amide bonds. The number of likely N-dealkylation sites (N-methyl/N-ethyl adjacent to an activating group) is 1. The van der Waals surface area contributed by atoms with Crippen molar-refractivity contribution in [1.29, 1.82) is 0 Å². The Morgan fingerprint density at radius 2 is 1.54 bits per heavy atom. The summed E-state index contributed by atoms with van der Waals surface area (Å²) in [5.41, 5.74) is 4.06. The second-order valence-electron chi connectivity index (χ2n) is 9.03. The van der Waals surface area contributed by atoms with Crippen molar-refractivity contribution in [3.63, 3.8) is 0 Å². The van der Waals surface area contributed by atoms with Crippen LogP contribution < -0.4 is 0 Å². The van der Waals surface area contributed by atoms with Crippen LogP contribution in [0.5, 0.6) is 0 Å². The van der Waals surface area contributed by atoms with Crippen molar-refractivity contribution in [2.75, 3.05) is 39.8 Å². The third-order valence-electron chi connectivity index (χ3n) is 6.14. The normalized spacial score (nSPS) is 23.7. The van der Waals surface area contributed by atoms with Crippen molar-refractivity contribution in [2.45, 2.75) is 51.4 Å². The number of rotatable bonds is 3. The number of carbonyl (C=O) groups is 1. The van der Waals surface area contributed by atoms with Gasteiger partial charge in [-0.3, -0.25) is 9.69 Å². The largest absolute Gasteiger partial charge is 0.304 e. The molecule has 1 aromatic carbocycles. The highest BCUT2D eigenvalue weighted by atomic mass is 16.1. The first-order valence-electron chi connectivity index (χ1n) is 9.28. The molecule has 24 heavy (non-hydrogen) atoms. The van der Waals surface area contributed by atoms with E-state index in [0.29, 0.717) is 6.54 Å². The van der Waals surface area contributed by atoms with Crippen LogP contribution in [0, 0.1) is 0 Å². The monoisotopic (exact) mass is 328 g/mol. The van der Waals surface area contributed by atoms with Crippen molar-refractivity contribution in [1.82, 2.24) is 9.80 Å². The maximum atomic E-state index is 12.8. The first kappa shape index (κ1) is 17.6. The van der Waals surface area contributed by atoms with E-state index in [1.165, 1.54) is 24.0 Å². The molecule has 3 nitrogen and oxygen atoms in total. The van der Waals surface area contributed by atoms with E-state index in [-0.39, 0.29) is 16.6 Å². The van der Waals surface area contributed by atoms with Crippen LogP contribution in [0.15, 0.2) is 18.2 Å². The molecule has 1 fully saturated rings. The summed E-state index contributed by atoms with van der Waals surface area (Å²) < 4.78 is 0. The van der Waals surface area contributed by atoms with Crippen molar-refractivity contribution in [2.24, 2.45) is 0 Å². The molecule has 0 spiro atoms. The van der Waals surface area contributed by atoms with Gasteiger partial charge in [-0.2, -0.15) is 0 Å². The fourth-order valence-corrected chi connectivity index (χ4v) is 4.06. The predicted octanol–water partition coefficient (Wildman–Crippen LogP) is 3.47. The molecule has 1 aliphatic carbocycles. The van der Waals surface area contributed by atoms with Crippen LogP contribution in [0.4, 0.5) is 0 Å². The Bertz CT molecular complexity index is 625. The fraction of sp³-hybridized carbons (Fsp3) is 0.667. The van der Waals surface area contributed by atoms with E-state index < -0.39 is 0 Å². The average molecular weight is 329 g/mol. The third-order valence-corrected chi connectivity index (χ3v) is 6.14. The third kappa shape index (κ3) is 3.43. The lowest BCUT2D eigenvalue weighted by atomic mass is 9.63. The molecular formula is C21H32N2O. The van der Waals surface area contributed by atoms with E-state index in [1.807, 2.05) is 0 Å². The first-order chi connectivity index (χ1) is 11.2. The van der Waals surface area contributed by atoms with Crippen LogP contribution in [0.3, 0.4) is 0 Å². The van der Waals surface area contributed by atoms with Crippen molar-refractivity contribution in [3.05, 3.63) is 34.9 Å². The van der Waals surface area contributed by atoms with E-state index in [4.69, 9.17) is 0 Å². The summed E-state index contributed by atoms with van der Waals surface area (Å²) in [6.07, 6.45) is 2.39. The molecule has 3 heteroatoms. The molecule has 2 aliphatic rings. The smallest absolute Gasteiger partial charge is 0.176 e. The van der Waals surface area contributed by atoms with Gasteiger partial charge in [0.1, 0.15) is 0 Å². The minimum Gasteiger partial charge on any atom is -0.304 e. The molecule has 0 unspecified atom stereocenters. The number of piperazine rings is 1. The van der Waals surface area contributed by atoms with Crippen LogP contribution in [0.25, 0.3) is 0 Å². The van der Waals surface area contributed by atoms with Crippen molar-refractivity contribution in [3.8, 4) is 0 Å². The standard InChI is InChI=1S/C21H32N2O/c1-20(2)8-9-21(3,4)18-14-16(6-7-17(18)20)19(24)15-23-12-10-22(5)11-13-23/h6-7,14H,8-13,15H2,1-5H3. The van der Waals surface area contributed by atoms with Crippen molar-refractivity contribution >= 4 is 5.78 Å². The molecule has 1 aromatic rings. The van der Waals surface area contributed by atoms with Gasteiger partial charge in [0.15, 0.2) is 5.78 Å². The SMILES string of the molecule is CN1CCN(CC(=O)c2ccc3c(c2)C(C)(C)CCC3(C)C)CC1. The summed E-state index contributed by atoms with van der Waals surface area (Å²) in [7, 11) is 2.15. The van der Waals surface area contributed by atoms with E-state index in [1.54, 1.807) is 0 Å². The van der Waals surface area contributed by atoms with Gasteiger partial charge >= 0.3 is 0 Å². The van der Waals surface area contributed by atoms with Crippen molar-refractivity contribution < 1.29 is 4.79 Å². The van der Waals surface area contributed by atoms with E-state index in [2.05, 4.69) is 62.7 Å². The van der Waals surface area contributed by atoms with E-state index in [9.17, 15) is 4.79 Å². The van der Waals surface area contributed by atoms with Gasteiger partial charge in [0.25, 0.3) is 0 Å². The number of carbonyl (C=O) groups excluding carboxylic acids is 1. The Labute approximate surface area is 147 Å². The zero-order chi connectivity index (χ0) is 17.5. The molecular weight excluding hydrogens is 296 g/mol. The molecule has 0 N–H and O–H groups in total. The van der Waals surface area contributed by atoms with Gasteiger partial charge in [-0.1, -0.05) is 39.8 Å². The maximum Gasteiger partial charge on any atom is 0.176 e. The number of fused-ring (bicyclic) bond motifs is 1. The highest BCUT2D eigenvalue weighted by Crippen LogP contribution is 2.45. The lowest BCUT2D eigenvalue weighted by molar-refractivity contribution is 0.0876. The Hall–Kier alpha value is -1.19. The molecule has 1 heterocycles. The molecule has 0 aromatic heterocycles. The summed E-state index contributed by atoms with van der Waals surface area (Å²) in [4.78, 5) is 17.4. The predicted molar refractivity (Wildman–Crippen MR) is 100.0 cm³/mol. The number of hydrogen-bond donors (Lipinski definition) is 0. The quantitative estimate of drug-likeness (QED) is 0.794. The first-order valence-corrected chi connectivity index (χ1v) is 9.28. The van der Waals surface area contributed by atoms with Gasteiger partial charge in [0.05, 0.1) is 6.54 Å². The summed E-state index contributed by atoms with van der Waals surface area (Å²) in [5.74, 6) is 0.265. The van der Waals surface area contributed by atoms with Crippen LogP contribution in [0.1, 0.15) is 62.0 Å². The summed E-state index contributed by atoms with van der Waals surface area (Å²) in [6.45, 7) is 13.9. The van der Waals surface area contributed by atoms with Crippen LogP contribution in [-0.2, 0) is 10.8 Å². The topological polar surface area (TPSA) is 23.6 Å². The second kappa shape index (κ2) is 6.27. The Morgan fingerprint density at radius 1 is 0.958 bits per heavy atom. The van der Waals surface area contributed by atoms with Gasteiger partial charge in [0.2, 0.25) is 0 Å².